The average Bonchev–Trinajstić information content (AvgIpc) is 2.77. The number of epoxide rings is 1. The highest BCUT2D eigenvalue weighted by Gasteiger charge is 2.67. The van der Waals surface area contributed by atoms with Crippen molar-refractivity contribution >= 4 is 5.97 Å². The van der Waals surface area contributed by atoms with Gasteiger partial charge in [-0.05, 0) is 49.4 Å². The zero-order valence-electron chi connectivity index (χ0n) is 11.2. The lowest BCUT2D eigenvalue weighted by Crippen LogP contribution is -2.35. The maximum absolute atomic E-state index is 11.9. The van der Waals surface area contributed by atoms with E-state index in [4.69, 9.17) is 9.47 Å². The number of rotatable bonds is 3. The fraction of sp³-hybridized carbons (Fsp3) is 0.933. The Labute approximate surface area is 108 Å². The van der Waals surface area contributed by atoms with Crippen molar-refractivity contribution < 1.29 is 14.3 Å². The largest absolute Gasteiger partial charge is 0.462 e. The number of carbonyl (C=O) groups excluding carboxylic acids is 1. The van der Waals surface area contributed by atoms with Crippen molar-refractivity contribution in [3.8, 4) is 0 Å². The molecule has 3 nitrogen and oxygen atoms in total. The van der Waals surface area contributed by atoms with Gasteiger partial charge in [0.25, 0.3) is 0 Å². The van der Waals surface area contributed by atoms with Crippen LogP contribution in [0.15, 0.2) is 0 Å². The number of ether oxygens (including phenoxy) is 2. The normalized spacial score (nSPS) is 52.9. The first-order chi connectivity index (χ1) is 8.69. The molecule has 4 fully saturated rings. The van der Waals surface area contributed by atoms with Crippen LogP contribution >= 0.6 is 0 Å². The Morgan fingerprint density at radius 3 is 2.94 bits per heavy atom. The van der Waals surface area contributed by atoms with Crippen LogP contribution in [0.5, 0.6) is 0 Å². The molecule has 1 saturated heterocycles. The number of hydrogen-bond donors (Lipinski definition) is 0. The topological polar surface area (TPSA) is 38.8 Å². The van der Waals surface area contributed by atoms with Crippen molar-refractivity contribution in [3.63, 3.8) is 0 Å². The lowest BCUT2D eigenvalue weighted by Gasteiger charge is -2.32. The first-order valence-corrected chi connectivity index (χ1v) is 7.55. The minimum atomic E-state index is 0.0195. The standard InChI is InChI=1S/C15H22O3/c1-3-7(2)15(16)18-11-5-8-4-9(11)10-6-12-14(17-12)13(8)10/h7-14H,3-6H2,1-2H3. The summed E-state index contributed by atoms with van der Waals surface area (Å²) in [6.07, 6.45) is 5.85. The highest BCUT2D eigenvalue weighted by atomic mass is 16.6. The molecule has 18 heavy (non-hydrogen) atoms. The zero-order valence-corrected chi connectivity index (χ0v) is 11.2. The van der Waals surface area contributed by atoms with Crippen molar-refractivity contribution in [2.75, 3.05) is 0 Å². The van der Waals surface area contributed by atoms with Crippen LogP contribution in [0.3, 0.4) is 0 Å². The van der Waals surface area contributed by atoms with E-state index >= 15 is 0 Å². The van der Waals surface area contributed by atoms with Crippen LogP contribution in [-0.2, 0) is 14.3 Å². The van der Waals surface area contributed by atoms with Gasteiger partial charge in [-0.3, -0.25) is 4.79 Å². The summed E-state index contributed by atoms with van der Waals surface area (Å²) in [5.74, 6) is 3.09. The van der Waals surface area contributed by atoms with Gasteiger partial charge < -0.3 is 9.47 Å². The van der Waals surface area contributed by atoms with E-state index in [0.717, 1.165) is 30.6 Å². The first-order valence-electron chi connectivity index (χ1n) is 7.55. The second-order valence-electron chi connectivity index (χ2n) is 6.80. The molecule has 100 valence electrons. The van der Waals surface area contributed by atoms with Crippen molar-refractivity contribution in [1.29, 1.82) is 0 Å². The average molecular weight is 250 g/mol. The molecule has 0 radical (unpaired) electrons. The van der Waals surface area contributed by atoms with Crippen LogP contribution in [0.25, 0.3) is 0 Å². The summed E-state index contributed by atoms with van der Waals surface area (Å²) in [6, 6.07) is 0. The summed E-state index contributed by atoms with van der Waals surface area (Å²) in [5.41, 5.74) is 0. The van der Waals surface area contributed by atoms with E-state index in [-0.39, 0.29) is 18.0 Å². The maximum Gasteiger partial charge on any atom is 0.308 e. The summed E-state index contributed by atoms with van der Waals surface area (Å²) in [5, 5.41) is 0. The third kappa shape index (κ3) is 1.43. The lowest BCUT2D eigenvalue weighted by atomic mass is 9.79. The molecule has 0 amide bonds. The van der Waals surface area contributed by atoms with Gasteiger partial charge in [0.15, 0.2) is 0 Å². The predicted molar refractivity (Wildman–Crippen MR) is 65.8 cm³/mol. The molecule has 0 N–H and O–H groups in total. The van der Waals surface area contributed by atoms with E-state index < -0.39 is 0 Å². The fourth-order valence-corrected chi connectivity index (χ4v) is 4.83. The molecule has 3 saturated carbocycles. The van der Waals surface area contributed by atoms with Gasteiger partial charge in [0, 0.05) is 0 Å². The van der Waals surface area contributed by atoms with Crippen molar-refractivity contribution in [1.82, 2.24) is 0 Å². The molecule has 1 heterocycles. The molecule has 2 bridgehead atoms. The van der Waals surface area contributed by atoms with Gasteiger partial charge in [-0.2, -0.15) is 0 Å². The molecule has 4 rings (SSSR count). The predicted octanol–water partition coefficient (Wildman–Crippen LogP) is 2.39. The Bertz CT molecular complexity index is 380. The Morgan fingerprint density at radius 1 is 1.33 bits per heavy atom. The SMILES string of the molecule is CCC(C)C(=O)OC1CC2CC1C1CC3OC3C21. The smallest absolute Gasteiger partial charge is 0.308 e. The van der Waals surface area contributed by atoms with Gasteiger partial charge in [0.05, 0.1) is 18.1 Å². The molecule has 3 aliphatic carbocycles. The second-order valence-corrected chi connectivity index (χ2v) is 6.80. The van der Waals surface area contributed by atoms with Gasteiger partial charge in [-0.25, -0.2) is 0 Å². The quantitative estimate of drug-likeness (QED) is 0.570. The van der Waals surface area contributed by atoms with Gasteiger partial charge in [0.1, 0.15) is 6.10 Å². The molecule has 0 aromatic carbocycles. The number of esters is 1. The van der Waals surface area contributed by atoms with Crippen molar-refractivity contribution in [2.45, 2.75) is 57.8 Å². The summed E-state index contributed by atoms with van der Waals surface area (Å²) in [4.78, 5) is 11.9. The van der Waals surface area contributed by atoms with Crippen LogP contribution in [0.1, 0.15) is 39.5 Å². The minimum Gasteiger partial charge on any atom is -0.462 e. The maximum atomic E-state index is 11.9. The lowest BCUT2D eigenvalue weighted by molar-refractivity contribution is -0.158. The third-order valence-electron chi connectivity index (χ3n) is 5.96. The summed E-state index contributed by atoms with van der Waals surface area (Å²) in [6.45, 7) is 4.02. The molecule has 4 aliphatic rings. The highest BCUT2D eigenvalue weighted by molar-refractivity contribution is 5.72. The van der Waals surface area contributed by atoms with Crippen LogP contribution in [0.2, 0.25) is 0 Å². The number of carbonyl (C=O) groups is 1. The minimum absolute atomic E-state index is 0.0195. The van der Waals surface area contributed by atoms with Crippen LogP contribution in [0.4, 0.5) is 0 Å². The number of hydrogen-bond acceptors (Lipinski definition) is 3. The van der Waals surface area contributed by atoms with E-state index in [9.17, 15) is 4.79 Å². The molecule has 8 atom stereocenters. The molecular weight excluding hydrogens is 228 g/mol. The van der Waals surface area contributed by atoms with Crippen molar-refractivity contribution in [3.05, 3.63) is 0 Å². The Balaban J connectivity index is 1.43. The molecular formula is C15H22O3. The molecule has 1 aliphatic heterocycles. The fourth-order valence-electron chi connectivity index (χ4n) is 4.83. The summed E-state index contributed by atoms with van der Waals surface area (Å²) >= 11 is 0. The van der Waals surface area contributed by atoms with E-state index in [1.54, 1.807) is 0 Å². The third-order valence-corrected chi connectivity index (χ3v) is 5.96. The zero-order chi connectivity index (χ0) is 12.4. The molecule has 0 aromatic heterocycles. The number of fused-ring (bicyclic) bond motifs is 7. The molecule has 8 unspecified atom stereocenters. The summed E-state index contributed by atoms with van der Waals surface area (Å²) < 4.78 is 11.5. The Morgan fingerprint density at radius 2 is 2.17 bits per heavy atom. The van der Waals surface area contributed by atoms with Crippen LogP contribution in [-0.4, -0.2) is 24.3 Å². The first kappa shape index (κ1) is 11.3. The van der Waals surface area contributed by atoms with Crippen LogP contribution < -0.4 is 0 Å². The molecule has 0 aromatic rings. The Hall–Kier alpha value is -0.570. The van der Waals surface area contributed by atoms with Gasteiger partial charge in [-0.1, -0.05) is 13.8 Å². The van der Waals surface area contributed by atoms with E-state index in [2.05, 4.69) is 0 Å². The highest BCUT2D eigenvalue weighted by Crippen LogP contribution is 2.64. The van der Waals surface area contributed by atoms with Gasteiger partial charge in [0.2, 0.25) is 0 Å². The second kappa shape index (κ2) is 3.72. The molecule has 3 heteroatoms. The summed E-state index contributed by atoms with van der Waals surface area (Å²) in [7, 11) is 0. The van der Waals surface area contributed by atoms with E-state index in [1.807, 2.05) is 13.8 Å². The molecule has 0 spiro atoms. The van der Waals surface area contributed by atoms with Crippen molar-refractivity contribution in [2.24, 2.45) is 29.6 Å². The van der Waals surface area contributed by atoms with E-state index in [0.29, 0.717) is 18.1 Å². The monoisotopic (exact) mass is 250 g/mol. The van der Waals surface area contributed by atoms with Gasteiger partial charge >= 0.3 is 5.97 Å². The van der Waals surface area contributed by atoms with Gasteiger partial charge in [-0.15, -0.1) is 0 Å². The van der Waals surface area contributed by atoms with Crippen LogP contribution in [0, 0.1) is 29.6 Å². The van der Waals surface area contributed by atoms with E-state index in [1.165, 1.54) is 12.8 Å². The Kier molecular flexibility index (Phi) is 2.33.